The molecule has 2 aromatic heterocycles. The molecule has 4 heteroatoms. The molecule has 0 unspecified atom stereocenters. The number of halogens is 1. The van der Waals surface area contributed by atoms with Crippen LogP contribution in [0, 0.1) is 12.8 Å². The van der Waals surface area contributed by atoms with Crippen LogP contribution in [0.1, 0.15) is 19.5 Å². The maximum absolute atomic E-state index is 4.65. The fourth-order valence-corrected chi connectivity index (χ4v) is 2.25. The van der Waals surface area contributed by atoms with Gasteiger partial charge in [0.05, 0.1) is 10.2 Å². The third-order valence-corrected chi connectivity index (χ3v) is 3.56. The third-order valence-electron chi connectivity index (χ3n) is 2.61. The van der Waals surface area contributed by atoms with Crippen LogP contribution < -0.4 is 0 Å². The fourth-order valence-electron chi connectivity index (χ4n) is 1.74. The lowest BCUT2D eigenvalue weighted by Gasteiger charge is -2.06. The van der Waals surface area contributed by atoms with Gasteiger partial charge in [-0.25, -0.2) is 0 Å². The van der Waals surface area contributed by atoms with Gasteiger partial charge < -0.3 is 0 Å². The predicted octanol–water partition coefficient (Wildman–Crippen LogP) is 3.67. The number of nitrogens with zero attached hydrogens (tertiary/aromatic N) is 3. The van der Waals surface area contributed by atoms with E-state index >= 15 is 0 Å². The van der Waals surface area contributed by atoms with Crippen molar-refractivity contribution in [3.8, 4) is 11.3 Å². The van der Waals surface area contributed by atoms with Gasteiger partial charge in [0.15, 0.2) is 0 Å². The summed E-state index contributed by atoms with van der Waals surface area (Å²) in [4.78, 5) is 4.13. The zero-order valence-corrected chi connectivity index (χ0v) is 11.9. The van der Waals surface area contributed by atoms with Gasteiger partial charge >= 0.3 is 0 Å². The van der Waals surface area contributed by atoms with Crippen molar-refractivity contribution < 1.29 is 0 Å². The van der Waals surface area contributed by atoms with Crippen molar-refractivity contribution in [3.05, 3.63) is 34.7 Å². The molecule has 0 aliphatic carbocycles. The lowest BCUT2D eigenvalue weighted by atomic mass is 10.2. The molecule has 90 valence electrons. The standard InChI is InChI=1S/C13H16BrN3/c1-9(2)8-17-10(3)12(14)13(16-17)11-5-4-6-15-7-11/h4-7,9H,8H2,1-3H3. The van der Waals surface area contributed by atoms with E-state index in [4.69, 9.17) is 0 Å². The molecule has 0 saturated heterocycles. The topological polar surface area (TPSA) is 30.7 Å². The summed E-state index contributed by atoms with van der Waals surface area (Å²) < 4.78 is 3.11. The Labute approximate surface area is 110 Å². The van der Waals surface area contributed by atoms with E-state index in [1.807, 2.05) is 18.3 Å². The molecule has 0 spiro atoms. The van der Waals surface area contributed by atoms with E-state index in [0.29, 0.717) is 5.92 Å². The SMILES string of the molecule is Cc1c(Br)c(-c2cccnc2)nn1CC(C)C. The van der Waals surface area contributed by atoms with Crippen LogP contribution in [-0.4, -0.2) is 14.8 Å². The summed E-state index contributed by atoms with van der Waals surface area (Å²) in [7, 11) is 0. The molecule has 17 heavy (non-hydrogen) atoms. The Morgan fingerprint density at radius 3 is 2.76 bits per heavy atom. The second-order valence-electron chi connectivity index (χ2n) is 4.57. The van der Waals surface area contributed by atoms with E-state index in [9.17, 15) is 0 Å². The largest absolute Gasteiger partial charge is 0.268 e. The Morgan fingerprint density at radius 2 is 2.18 bits per heavy atom. The molecule has 2 rings (SSSR count). The average Bonchev–Trinajstić information content (AvgIpc) is 2.58. The first kappa shape index (κ1) is 12.3. The second-order valence-corrected chi connectivity index (χ2v) is 5.36. The van der Waals surface area contributed by atoms with Gasteiger partial charge in [-0.15, -0.1) is 0 Å². The van der Waals surface area contributed by atoms with E-state index in [-0.39, 0.29) is 0 Å². The zero-order chi connectivity index (χ0) is 12.4. The van der Waals surface area contributed by atoms with Crippen molar-refractivity contribution in [1.29, 1.82) is 0 Å². The Balaban J connectivity index is 2.43. The highest BCUT2D eigenvalue weighted by molar-refractivity contribution is 9.10. The minimum absolute atomic E-state index is 0.585. The van der Waals surface area contributed by atoms with Gasteiger partial charge in [-0.05, 0) is 40.9 Å². The van der Waals surface area contributed by atoms with Crippen LogP contribution in [0.3, 0.4) is 0 Å². The van der Waals surface area contributed by atoms with E-state index in [2.05, 4.69) is 51.5 Å². The Hall–Kier alpha value is -1.16. The van der Waals surface area contributed by atoms with Gasteiger partial charge in [0.25, 0.3) is 0 Å². The molecule has 0 aliphatic heterocycles. The molecule has 0 amide bonds. The molecular weight excluding hydrogens is 278 g/mol. The third kappa shape index (κ3) is 2.57. The van der Waals surface area contributed by atoms with E-state index in [0.717, 1.165) is 28.0 Å². The molecule has 0 N–H and O–H groups in total. The fraction of sp³-hybridized carbons (Fsp3) is 0.385. The Kier molecular flexibility index (Phi) is 3.62. The van der Waals surface area contributed by atoms with Crippen molar-refractivity contribution in [3.63, 3.8) is 0 Å². The minimum Gasteiger partial charge on any atom is -0.268 e. The molecule has 0 atom stereocenters. The first-order chi connectivity index (χ1) is 8.09. The maximum atomic E-state index is 4.65. The van der Waals surface area contributed by atoms with Crippen molar-refractivity contribution in [2.45, 2.75) is 27.3 Å². The van der Waals surface area contributed by atoms with Gasteiger partial charge in [0.2, 0.25) is 0 Å². The highest BCUT2D eigenvalue weighted by atomic mass is 79.9. The monoisotopic (exact) mass is 293 g/mol. The highest BCUT2D eigenvalue weighted by Crippen LogP contribution is 2.29. The summed E-state index contributed by atoms with van der Waals surface area (Å²) >= 11 is 3.62. The number of pyridine rings is 1. The Bertz CT molecular complexity index is 503. The smallest absolute Gasteiger partial charge is 0.108 e. The van der Waals surface area contributed by atoms with Crippen LogP contribution in [0.5, 0.6) is 0 Å². The Morgan fingerprint density at radius 1 is 1.41 bits per heavy atom. The van der Waals surface area contributed by atoms with E-state index in [1.165, 1.54) is 0 Å². The average molecular weight is 294 g/mol. The van der Waals surface area contributed by atoms with Gasteiger partial charge in [0.1, 0.15) is 5.69 Å². The van der Waals surface area contributed by atoms with E-state index in [1.54, 1.807) is 6.20 Å². The summed E-state index contributed by atoms with van der Waals surface area (Å²) in [6, 6.07) is 3.96. The number of hydrogen-bond donors (Lipinski definition) is 0. The molecule has 3 nitrogen and oxygen atoms in total. The zero-order valence-electron chi connectivity index (χ0n) is 10.3. The van der Waals surface area contributed by atoms with Gasteiger partial charge in [0, 0.05) is 24.5 Å². The van der Waals surface area contributed by atoms with Crippen LogP contribution >= 0.6 is 15.9 Å². The van der Waals surface area contributed by atoms with Gasteiger partial charge in [-0.1, -0.05) is 13.8 Å². The molecule has 2 heterocycles. The summed E-state index contributed by atoms with van der Waals surface area (Å²) in [5.74, 6) is 0.585. The van der Waals surface area contributed by atoms with Crippen molar-refractivity contribution in [1.82, 2.24) is 14.8 Å². The summed E-state index contributed by atoms with van der Waals surface area (Å²) in [5, 5.41) is 4.65. The summed E-state index contributed by atoms with van der Waals surface area (Å²) in [6.07, 6.45) is 3.61. The first-order valence-corrected chi connectivity index (χ1v) is 6.52. The normalized spacial score (nSPS) is 11.1. The molecule has 0 fully saturated rings. The van der Waals surface area contributed by atoms with Crippen LogP contribution in [0.25, 0.3) is 11.3 Å². The second kappa shape index (κ2) is 5.00. The predicted molar refractivity (Wildman–Crippen MR) is 72.7 cm³/mol. The first-order valence-electron chi connectivity index (χ1n) is 5.73. The van der Waals surface area contributed by atoms with Gasteiger partial charge in [-0.3, -0.25) is 9.67 Å². The van der Waals surface area contributed by atoms with Crippen molar-refractivity contribution in [2.24, 2.45) is 5.92 Å². The van der Waals surface area contributed by atoms with Crippen LogP contribution in [-0.2, 0) is 6.54 Å². The molecule has 0 aliphatic rings. The maximum Gasteiger partial charge on any atom is 0.108 e. The number of rotatable bonds is 3. The summed E-state index contributed by atoms with van der Waals surface area (Å²) in [5.41, 5.74) is 3.18. The highest BCUT2D eigenvalue weighted by Gasteiger charge is 2.14. The lowest BCUT2D eigenvalue weighted by Crippen LogP contribution is -2.07. The van der Waals surface area contributed by atoms with Crippen LogP contribution in [0.4, 0.5) is 0 Å². The molecular formula is C13H16BrN3. The minimum atomic E-state index is 0.585. The van der Waals surface area contributed by atoms with Crippen LogP contribution in [0.2, 0.25) is 0 Å². The van der Waals surface area contributed by atoms with Crippen LogP contribution in [0.15, 0.2) is 29.0 Å². The molecule has 2 aromatic rings. The number of aromatic nitrogens is 3. The summed E-state index contributed by atoms with van der Waals surface area (Å²) in [6.45, 7) is 7.40. The molecule has 0 bridgehead atoms. The molecule has 0 saturated carbocycles. The lowest BCUT2D eigenvalue weighted by molar-refractivity contribution is 0.475. The van der Waals surface area contributed by atoms with Crippen molar-refractivity contribution >= 4 is 15.9 Å². The number of hydrogen-bond acceptors (Lipinski definition) is 2. The molecule has 0 aromatic carbocycles. The molecule has 0 radical (unpaired) electrons. The van der Waals surface area contributed by atoms with Crippen molar-refractivity contribution in [2.75, 3.05) is 0 Å². The quantitative estimate of drug-likeness (QED) is 0.864. The van der Waals surface area contributed by atoms with Gasteiger partial charge in [-0.2, -0.15) is 5.10 Å². The van der Waals surface area contributed by atoms with E-state index < -0.39 is 0 Å².